The predicted octanol–water partition coefficient (Wildman–Crippen LogP) is 2.10. The molecule has 1 amide bonds. The number of hydrogen-bond acceptors (Lipinski definition) is 3. The molecule has 18 heavy (non-hydrogen) atoms. The minimum absolute atomic E-state index is 0.0332. The van der Waals surface area contributed by atoms with Gasteiger partial charge in [0.1, 0.15) is 5.76 Å². The van der Waals surface area contributed by atoms with Gasteiger partial charge in [0.25, 0.3) is 0 Å². The Hall–Kier alpha value is -0.810. The second kappa shape index (κ2) is 6.38. The third-order valence-electron chi connectivity index (χ3n) is 3.27. The van der Waals surface area contributed by atoms with Crippen LogP contribution in [0, 0.1) is 0 Å². The van der Waals surface area contributed by atoms with Crippen molar-refractivity contribution >= 4 is 21.8 Å². The summed E-state index contributed by atoms with van der Waals surface area (Å²) in [5.74, 6) is 1.21. The van der Waals surface area contributed by atoms with Crippen LogP contribution in [0.25, 0.3) is 0 Å². The number of piperazine rings is 1. The molecule has 0 aliphatic carbocycles. The van der Waals surface area contributed by atoms with E-state index >= 15 is 0 Å². The molecule has 0 saturated carbocycles. The molecule has 1 aromatic rings. The molecule has 4 nitrogen and oxygen atoms in total. The molecule has 0 N–H and O–H groups in total. The fourth-order valence-corrected chi connectivity index (χ4v) is 2.41. The largest absolute Gasteiger partial charge is 0.468 e. The summed E-state index contributed by atoms with van der Waals surface area (Å²) < 4.78 is 5.34. The Morgan fingerprint density at radius 1 is 1.44 bits per heavy atom. The number of halogens is 1. The number of nitrogens with zero attached hydrogens (tertiary/aromatic N) is 2. The Morgan fingerprint density at radius 2 is 2.17 bits per heavy atom. The molecule has 1 atom stereocenters. The highest BCUT2D eigenvalue weighted by Crippen LogP contribution is 2.13. The van der Waals surface area contributed by atoms with Crippen LogP contribution in [0.1, 0.15) is 19.1 Å². The van der Waals surface area contributed by atoms with E-state index in [1.165, 1.54) is 0 Å². The van der Waals surface area contributed by atoms with Gasteiger partial charge in [-0.15, -0.1) is 0 Å². The molecular formula is C13H19BrN2O2. The summed E-state index contributed by atoms with van der Waals surface area (Å²) in [6.45, 7) is 6.29. The molecule has 1 aliphatic rings. The summed E-state index contributed by atoms with van der Waals surface area (Å²) >= 11 is 3.42. The van der Waals surface area contributed by atoms with Crippen molar-refractivity contribution < 1.29 is 9.21 Å². The van der Waals surface area contributed by atoms with Crippen molar-refractivity contribution in [1.82, 2.24) is 9.80 Å². The Labute approximate surface area is 116 Å². The van der Waals surface area contributed by atoms with Gasteiger partial charge in [0.2, 0.25) is 5.91 Å². The number of hydrogen-bond donors (Lipinski definition) is 0. The van der Waals surface area contributed by atoms with Gasteiger partial charge >= 0.3 is 0 Å². The lowest BCUT2D eigenvalue weighted by Crippen LogP contribution is -2.50. The van der Waals surface area contributed by atoms with Crippen molar-refractivity contribution in [2.75, 3.05) is 26.2 Å². The third kappa shape index (κ3) is 3.36. The van der Waals surface area contributed by atoms with Crippen molar-refractivity contribution in [2.24, 2.45) is 0 Å². The van der Waals surface area contributed by atoms with Crippen LogP contribution in [0.15, 0.2) is 22.8 Å². The molecule has 0 radical (unpaired) electrons. The highest BCUT2D eigenvalue weighted by Gasteiger charge is 2.24. The summed E-state index contributed by atoms with van der Waals surface area (Å²) in [7, 11) is 0. The van der Waals surface area contributed by atoms with E-state index in [-0.39, 0.29) is 10.7 Å². The minimum atomic E-state index is -0.0332. The lowest BCUT2D eigenvalue weighted by molar-refractivity contribution is -0.132. The smallest absolute Gasteiger partial charge is 0.236 e. The zero-order valence-electron chi connectivity index (χ0n) is 10.6. The first-order valence-corrected chi connectivity index (χ1v) is 7.30. The van der Waals surface area contributed by atoms with Crippen LogP contribution in [0.4, 0.5) is 0 Å². The zero-order chi connectivity index (χ0) is 13.0. The number of amides is 1. The van der Waals surface area contributed by atoms with Gasteiger partial charge in [0, 0.05) is 26.2 Å². The first-order valence-electron chi connectivity index (χ1n) is 6.38. The van der Waals surface area contributed by atoms with Gasteiger partial charge in [-0.3, -0.25) is 9.69 Å². The molecule has 1 fully saturated rings. The molecule has 5 heteroatoms. The molecule has 1 aliphatic heterocycles. The average Bonchev–Trinajstić information content (AvgIpc) is 2.91. The maximum Gasteiger partial charge on any atom is 0.236 e. The van der Waals surface area contributed by atoms with E-state index < -0.39 is 0 Å². The van der Waals surface area contributed by atoms with Gasteiger partial charge in [-0.1, -0.05) is 22.9 Å². The number of furan rings is 1. The second-order valence-corrected chi connectivity index (χ2v) is 5.66. The summed E-state index contributed by atoms with van der Waals surface area (Å²) in [6, 6.07) is 3.90. The fraction of sp³-hybridized carbons (Fsp3) is 0.615. The van der Waals surface area contributed by atoms with E-state index in [1.807, 2.05) is 24.0 Å². The highest BCUT2D eigenvalue weighted by atomic mass is 79.9. The van der Waals surface area contributed by atoms with Gasteiger partial charge in [-0.05, 0) is 18.6 Å². The monoisotopic (exact) mass is 314 g/mol. The van der Waals surface area contributed by atoms with Gasteiger partial charge in [-0.2, -0.15) is 0 Å². The van der Waals surface area contributed by atoms with Crippen molar-refractivity contribution in [3.8, 4) is 0 Å². The minimum Gasteiger partial charge on any atom is -0.468 e. The van der Waals surface area contributed by atoms with E-state index in [1.54, 1.807) is 6.26 Å². The zero-order valence-corrected chi connectivity index (χ0v) is 12.2. The fourth-order valence-electron chi connectivity index (χ4n) is 2.12. The quantitative estimate of drug-likeness (QED) is 0.799. The van der Waals surface area contributed by atoms with Crippen molar-refractivity contribution in [3.63, 3.8) is 0 Å². The van der Waals surface area contributed by atoms with Crippen LogP contribution in [-0.4, -0.2) is 46.7 Å². The van der Waals surface area contributed by atoms with Crippen molar-refractivity contribution in [3.05, 3.63) is 24.2 Å². The molecule has 100 valence electrons. The molecule has 1 unspecified atom stereocenters. The molecule has 0 spiro atoms. The van der Waals surface area contributed by atoms with E-state index in [9.17, 15) is 4.79 Å². The molecule has 0 aromatic carbocycles. The summed E-state index contributed by atoms with van der Waals surface area (Å²) in [5, 5.41) is 0. The first-order chi connectivity index (χ1) is 8.70. The molecule has 2 rings (SSSR count). The maximum absolute atomic E-state index is 12.0. The Kier molecular flexibility index (Phi) is 4.83. The van der Waals surface area contributed by atoms with Crippen LogP contribution in [0.2, 0.25) is 0 Å². The van der Waals surface area contributed by atoms with Gasteiger partial charge in [0.05, 0.1) is 17.6 Å². The van der Waals surface area contributed by atoms with Gasteiger partial charge in [0.15, 0.2) is 0 Å². The molecule has 0 bridgehead atoms. The van der Waals surface area contributed by atoms with Crippen LogP contribution in [0.3, 0.4) is 0 Å². The van der Waals surface area contributed by atoms with Crippen LogP contribution in [0.5, 0.6) is 0 Å². The molecule has 2 heterocycles. The van der Waals surface area contributed by atoms with Crippen molar-refractivity contribution in [1.29, 1.82) is 0 Å². The maximum atomic E-state index is 12.0. The van der Waals surface area contributed by atoms with Crippen LogP contribution < -0.4 is 0 Å². The number of carbonyl (C=O) groups is 1. The second-order valence-electron chi connectivity index (χ2n) is 4.56. The lowest BCUT2D eigenvalue weighted by atomic mass is 10.2. The van der Waals surface area contributed by atoms with Gasteiger partial charge < -0.3 is 9.32 Å². The molecule has 1 aromatic heterocycles. The molecular weight excluding hydrogens is 296 g/mol. The topological polar surface area (TPSA) is 36.7 Å². The summed E-state index contributed by atoms with van der Waals surface area (Å²) in [6.07, 6.45) is 2.54. The van der Waals surface area contributed by atoms with E-state index in [4.69, 9.17) is 4.42 Å². The van der Waals surface area contributed by atoms with E-state index in [2.05, 4.69) is 20.8 Å². The standard InChI is InChI=1S/C13H19BrN2O2/c1-2-12(14)13(17)16-7-5-15(6-8-16)10-11-4-3-9-18-11/h3-4,9,12H,2,5-8,10H2,1H3. The number of alkyl halides is 1. The number of carbonyl (C=O) groups excluding carboxylic acids is 1. The van der Waals surface area contributed by atoms with E-state index in [0.717, 1.165) is 44.9 Å². The summed E-state index contributed by atoms with van der Waals surface area (Å²) in [5.41, 5.74) is 0. The Morgan fingerprint density at radius 3 is 2.72 bits per heavy atom. The van der Waals surface area contributed by atoms with Crippen molar-refractivity contribution in [2.45, 2.75) is 24.7 Å². The predicted molar refractivity (Wildman–Crippen MR) is 73.6 cm³/mol. The SMILES string of the molecule is CCC(Br)C(=O)N1CCN(Cc2ccco2)CC1. The van der Waals surface area contributed by atoms with Gasteiger partial charge in [-0.25, -0.2) is 0 Å². The highest BCUT2D eigenvalue weighted by molar-refractivity contribution is 9.10. The van der Waals surface area contributed by atoms with E-state index in [0.29, 0.717) is 0 Å². The third-order valence-corrected chi connectivity index (χ3v) is 4.31. The number of rotatable bonds is 4. The summed E-state index contributed by atoms with van der Waals surface area (Å²) in [4.78, 5) is 16.2. The molecule has 1 saturated heterocycles. The van der Waals surface area contributed by atoms with Crippen LogP contribution in [-0.2, 0) is 11.3 Å². The Bertz CT molecular complexity index is 372. The average molecular weight is 315 g/mol. The first kappa shape index (κ1) is 13.6. The normalized spacial score (nSPS) is 18.9. The lowest BCUT2D eigenvalue weighted by Gasteiger charge is -2.35. The Balaban J connectivity index is 1.79. The van der Waals surface area contributed by atoms with Crippen LogP contribution >= 0.6 is 15.9 Å².